The van der Waals surface area contributed by atoms with E-state index in [4.69, 9.17) is 4.74 Å². The number of benzene rings is 1. The van der Waals surface area contributed by atoms with E-state index in [9.17, 15) is 0 Å². The third-order valence-electron chi connectivity index (χ3n) is 3.83. The Morgan fingerprint density at radius 2 is 1.76 bits per heavy atom. The highest BCUT2D eigenvalue weighted by atomic mass is 79.9. The van der Waals surface area contributed by atoms with Crippen LogP contribution in [0.1, 0.15) is 43.8 Å². The van der Waals surface area contributed by atoms with Gasteiger partial charge in [-0.05, 0) is 30.5 Å². The van der Waals surface area contributed by atoms with Crippen LogP contribution < -0.4 is 0 Å². The molecule has 1 fully saturated rings. The Bertz CT molecular complexity index is 415. The van der Waals surface area contributed by atoms with Gasteiger partial charge in [-0.1, -0.05) is 59.5 Å². The lowest BCUT2D eigenvalue weighted by molar-refractivity contribution is -0.0472. The van der Waals surface area contributed by atoms with Gasteiger partial charge >= 0.3 is 0 Å². The van der Waals surface area contributed by atoms with E-state index in [1.54, 1.807) is 0 Å². The van der Waals surface area contributed by atoms with Crippen LogP contribution in [0.15, 0.2) is 40.9 Å². The summed E-state index contributed by atoms with van der Waals surface area (Å²) in [5.74, 6) is 0. The first-order chi connectivity index (χ1) is 8.27. The molecule has 1 aromatic rings. The maximum Gasteiger partial charge on any atom is 0.102 e. The monoisotopic (exact) mass is 292 g/mol. The van der Waals surface area contributed by atoms with Crippen molar-refractivity contribution < 1.29 is 4.74 Å². The molecule has 1 aliphatic heterocycles. The summed E-state index contributed by atoms with van der Waals surface area (Å²) >= 11 is 3.47. The maximum atomic E-state index is 6.29. The predicted molar refractivity (Wildman–Crippen MR) is 72.9 cm³/mol. The molecule has 3 rings (SSSR count). The molecule has 0 bridgehead atoms. The van der Waals surface area contributed by atoms with Crippen molar-refractivity contribution >= 4 is 15.9 Å². The Hall–Kier alpha value is -0.600. The van der Waals surface area contributed by atoms with Crippen LogP contribution in [0, 0.1) is 0 Å². The van der Waals surface area contributed by atoms with E-state index < -0.39 is 0 Å². The molecule has 1 atom stereocenters. The van der Waals surface area contributed by atoms with Gasteiger partial charge in [0.25, 0.3) is 0 Å². The van der Waals surface area contributed by atoms with Crippen LogP contribution in [-0.2, 0) is 4.74 Å². The van der Waals surface area contributed by atoms with Gasteiger partial charge in [-0.3, -0.25) is 0 Å². The molecule has 1 unspecified atom stereocenters. The van der Waals surface area contributed by atoms with Gasteiger partial charge in [0, 0.05) is 4.47 Å². The number of ether oxygens (including phenoxy) is 1. The predicted octanol–water partition coefficient (Wildman–Crippen LogP) is 4.78. The first-order valence-corrected chi connectivity index (χ1v) is 7.19. The topological polar surface area (TPSA) is 9.23 Å². The second-order valence-electron chi connectivity index (χ2n) is 5.07. The average Bonchev–Trinajstić information content (AvgIpc) is 2.75. The molecule has 0 amide bonds. The second kappa shape index (κ2) is 4.58. The van der Waals surface area contributed by atoms with Gasteiger partial charge in [0.1, 0.15) is 6.10 Å². The molecule has 1 spiro atoms. The molecule has 90 valence electrons. The summed E-state index contributed by atoms with van der Waals surface area (Å²) in [4.78, 5) is 0. The Kier molecular flexibility index (Phi) is 3.10. The van der Waals surface area contributed by atoms with Crippen molar-refractivity contribution in [2.24, 2.45) is 0 Å². The molecular formula is C15H17BrO. The normalized spacial score (nSPS) is 26.5. The lowest BCUT2D eigenvalue weighted by Gasteiger charge is -2.32. The van der Waals surface area contributed by atoms with E-state index in [1.807, 2.05) is 0 Å². The zero-order valence-corrected chi connectivity index (χ0v) is 11.4. The molecule has 0 saturated heterocycles. The van der Waals surface area contributed by atoms with Gasteiger partial charge in [0.15, 0.2) is 0 Å². The molecule has 1 heterocycles. The molecule has 2 aliphatic rings. The molecule has 0 aromatic heterocycles. The van der Waals surface area contributed by atoms with Crippen molar-refractivity contribution in [2.75, 3.05) is 0 Å². The summed E-state index contributed by atoms with van der Waals surface area (Å²) in [7, 11) is 0. The molecule has 0 N–H and O–H groups in total. The van der Waals surface area contributed by atoms with Crippen LogP contribution in [0.2, 0.25) is 0 Å². The smallest absolute Gasteiger partial charge is 0.102 e. The highest BCUT2D eigenvalue weighted by molar-refractivity contribution is 9.10. The van der Waals surface area contributed by atoms with Crippen LogP contribution >= 0.6 is 15.9 Å². The summed E-state index contributed by atoms with van der Waals surface area (Å²) in [6.07, 6.45) is 11.0. The molecule has 17 heavy (non-hydrogen) atoms. The van der Waals surface area contributed by atoms with E-state index >= 15 is 0 Å². The van der Waals surface area contributed by atoms with Gasteiger partial charge in [-0.25, -0.2) is 0 Å². The van der Waals surface area contributed by atoms with Gasteiger partial charge < -0.3 is 4.74 Å². The zero-order valence-electron chi connectivity index (χ0n) is 9.86. The first-order valence-electron chi connectivity index (χ1n) is 6.40. The summed E-state index contributed by atoms with van der Waals surface area (Å²) in [6, 6.07) is 8.44. The molecule has 2 heteroatoms. The van der Waals surface area contributed by atoms with E-state index in [-0.39, 0.29) is 11.7 Å². The molecule has 1 nitrogen and oxygen atoms in total. The largest absolute Gasteiger partial charge is 0.359 e. The fourth-order valence-electron chi connectivity index (χ4n) is 2.86. The first kappa shape index (κ1) is 11.5. The van der Waals surface area contributed by atoms with Crippen molar-refractivity contribution in [3.63, 3.8) is 0 Å². The Morgan fingerprint density at radius 1 is 1.06 bits per heavy atom. The van der Waals surface area contributed by atoms with E-state index in [2.05, 4.69) is 52.3 Å². The fraction of sp³-hybridized carbons (Fsp3) is 0.467. The minimum atomic E-state index is 0.0516. The highest BCUT2D eigenvalue weighted by Gasteiger charge is 2.36. The maximum absolute atomic E-state index is 6.29. The molecule has 1 aromatic carbocycles. The molecule has 0 radical (unpaired) electrons. The average molecular weight is 293 g/mol. The van der Waals surface area contributed by atoms with Gasteiger partial charge in [-0.15, -0.1) is 0 Å². The quantitative estimate of drug-likeness (QED) is 0.677. The van der Waals surface area contributed by atoms with E-state index in [1.165, 1.54) is 37.7 Å². The van der Waals surface area contributed by atoms with E-state index in [0.717, 1.165) is 4.47 Å². The highest BCUT2D eigenvalue weighted by Crippen LogP contribution is 2.42. The minimum absolute atomic E-state index is 0.0516. The number of halogens is 1. The van der Waals surface area contributed by atoms with Crippen molar-refractivity contribution in [1.29, 1.82) is 0 Å². The summed E-state index contributed by atoms with van der Waals surface area (Å²) < 4.78 is 7.41. The van der Waals surface area contributed by atoms with Crippen molar-refractivity contribution in [3.8, 4) is 0 Å². The van der Waals surface area contributed by atoms with Crippen molar-refractivity contribution in [2.45, 2.75) is 43.8 Å². The van der Waals surface area contributed by atoms with Crippen molar-refractivity contribution in [1.82, 2.24) is 0 Å². The number of hydrogen-bond donors (Lipinski definition) is 0. The zero-order chi connectivity index (χ0) is 11.7. The van der Waals surface area contributed by atoms with Gasteiger partial charge in [0.05, 0.1) is 5.60 Å². The lowest BCUT2D eigenvalue weighted by Crippen LogP contribution is -2.30. The second-order valence-corrected chi connectivity index (χ2v) is 5.99. The fourth-order valence-corrected chi connectivity index (χ4v) is 3.12. The van der Waals surface area contributed by atoms with Crippen LogP contribution in [-0.4, -0.2) is 5.60 Å². The van der Waals surface area contributed by atoms with E-state index in [0.29, 0.717) is 0 Å². The summed E-state index contributed by atoms with van der Waals surface area (Å²) in [6.45, 7) is 0. The van der Waals surface area contributed by atoms with Crippen molar-refractivity contribution in [3.05, 3.63) is 46.5 Å². The van der Waals surface area contributed by atoms with Crippen LogP contribution in [0.25, 0.3) is 0 Å². The summed E-state index contributed by atoms with van der Waals surface area (Å²) in [5, 5.41) is 0. The van der Waals surface area contributed by atoms with Gasteiger partial charge in [-0.2, -0.15) is 0 Å². The van der Waals surface area contributed by atoms with Crippen LogP contribution in [0.3, 0.4) is 0 Å². The van der Waals surface area contributed by atoms with Gasteiger partial charge in [0.2, 0.25) is 0 Å². The third kappa shape index (κ3) is 2.34. The molecule has 1 saturated carbocycles. The van der Waals surface area contributed by atoms with Crippen LogP contribution in [0.4, 0.5) is 0 Å². The minimum Gasteiger partial charge on any atom is -0.359 e. The summed E-state index contributed by atoms with van der Waals surface area (Å²) in [5.41, 5.74) is 1.31. The lowest BCUT2D eigenvalue weighted by atomic mass is 9.85. The Balaban J connectivity index is 1.76. The third-order valence-corrected chi connectivity index (χ3v) is 4.36. The molecule has 1 aliphatic carbocycles. The number of rotatable bonds is 1. The Morgan fingerprint density at radius 3 is 2.47 bits per heavy atom. The standard InChI is InChI=1S/C15H17BrO/c16-13-6-4-12(5-7-13)14-8-11-15(17-14)9-2-1-3-10-15/h4-8,11,14H,1-3,9-10H2. The van der Waals surface area contributed by atoms with Crippen LogP contribution in [0.5, 0.6) is 0 Å². The molecular weight excluding hydrogens is 276 g/mol. The Labute approximate surface area is 111 Å². The number of hydrogen-bond acceptors (Lipinski definition) is 1. The SMILES string of the molecule is Brc1ccc(C2C=CC3(CCCCC3)O2)cc1.